The monoisotopic (exact) mass is 264 g/mol. The fraction of sp³-hybridized carbons (Fsp3) is 0.462. The highest BCUT2D eigenvalue weighted by atomic mass is 16.4. The van der Waals surface area contributed by atoms with Crippen molar-refractivity contribution in [2.45, 2.75) is 26.3 Å². The van der Waals surface area contributed by atoms with Crippen LogP contribution >= 0.6 is 0 Å². The van der Waals surface area contributed by atoms with E-state index in [1.54, 1.807) is 29.2 Å². The van der Waals surface area contributed by atoms with Gasteiger partial charge in [0.15, 0.2) is 0 Å². The lowest BCUT2D eigenvalue weighted by atomic mass is 9.80. The maximum Gasteiger partial charge on any atom is 0.488 e. The first-order valence-corrected chi connectivity index (χ1v) is 6.48. The molecule has 0 saturated heterocycles. The highest BCUT2D eigenvalue weighted by Crippen LogP contribution is 2.04. The van der Waals surface area contributed by atoms with Crippen molar-refractivity contribution in [1.29, 1.82) is 0 Å². The Morgan fingerprint density at radius 3 is 2.21 bits per heavy atom. The molecule has 1 aromatic rings. The first-order valence-electron chi connectivity index (χ1n) is 6.48. The maximum atomic E-state index is 12.0. The van der Waals surface area contributed by atoms with Crippen molar-refractivity contribution in [3.05, 3.63) is 29.8 Å². The zero-order chi connectivity index (χ0) is 14.4. The molecule has 0 heterocycles. The summed E-state index contributed by atoms with van der Waals surface area (Å²) in [6.45, 7) is 5.15. The molecule has 104 valence electrons. The normalized spacial score (nSPS) is 12.1. The van der Waals surface area contributed by atoms with Gasteiger partial charge in [0.1, 0.15) is 0 Å². The lowest BCUT2D eigenvalue weighted by Gasteiger charge is -2.22. The van der Waals surface area contributed by atoms with E-state index in [1.165, 1.54) is 0 Å². The van der Waals surface area contributed by atoms with Gasteiger partial charge in [0, 0.05) is 13.1 Å². The van der Waals surface area contributed by atoms with Crippen molar-refractivity contribution in [1.82, 2.24) is 4.90 Å². The Bertz CT molecular complexity index is 405. The van der Waals surface area contributed by atoms with E-state index < -0.39 is 13.2 Å². The Labute approximate surface area is 114 Å². The van der Waals surface area contributed by atoms with E-state index in [0.717, 1.165) is 5.56 Å². The fourth-order valence-electron chi connectivity index (χ4n) is 1.94. The third-order valence-corrected chi connectivity index (χ3v) is 3.13. The van der Waals surface area contributed by atoms with Gasteiger partial charge in [-0.2, -0.15) is 0 Å². The minimum atomic E-state index is -1.47. The summed E-state index contributed by atoms with van der Waals surface area (Å²) in [5, 5.41) is 18.0. The van der Waals surface area contributed by atoms with Crippen LogP contribution in [0.3, 0.4) is 0 Å². The van der Waals surface area contributed by atoms with Crippen molar-refractivity contribution in [3.63, 3.8) is 0 Å². The Morgan fingerprint density at radius 2 is 1.79 bits per heavy atom. The molecular formula is C13H21BN2O3. The van der Waals surface area contributed by atoms with Crippen LogP contribution in [-0.4, -0.2) is 47.1 Å². The minimum absolute atomic E-state index is 0.0590. The Kier molecular flexibility index (Phi) is 6.01. The molecular weight excluding hydrogens is 243 g/mol. The average molecular weight is 264 g/mol. The zero-order valence-electron chi connectivity index (χ0n) is 11.4. The molecule has 1 atom stereocenters. The molecule has 1 amide bonds. The van der Waals surface area contributed by atoms with E-state index in [2.05, 4.69) is 0 Å². The summed E-state index contributed by atoms with van der Waals surface area (Å²) in [6, 6.07) is 6.18. The van der Waals surface area contributed by atoms with Crippen LogP contribution in [0.15, 0.2) is 24.3 Å². The van der Waals surface area contributed by atoms with Gasteiger partial charge in [0.2, 0.25) is 5.91 Å². The van der Waals surface area contributed by atoms with Crippen LogP contribution in [0.1, 0.15) is 19.4 Å². The standard InChI is InChI=1S/C13H21BN2O3/c1-3-16(4-2)13(17)12(15)9-10-5-7-11(8-6-10)14(18)19/h5-8,12,18-19H,3-4,9,15H2,1-2H3/t12-/m0/s1. The second kappa shape index (κ2) is 7.28. The molecule has 5 nitrogen and oxygen atoms in total. The number of likely N-dealkylation sites (N-methyl/N-ethyl adjacent to an activating group) is 1. The van der Waals surface area contributed by atoms with Gasteiger partial charge in [-0.05, 0) is 31.3 Å². The van der Waals surface area contributed by atoms with Gasteiger partial charge in [0.25, 0.3) is 0 Å². The van der Waals surface area contributed by atoms with E-state index in [4.69, 9.17) is 15.8 Å². The molecule has 6 heteroatoms. The summed E-state index contributed by atoms with van der Waals surface area (Å²) in [5.74, 6) is -0.0590. The van der Waals surface area contributed by atoms with Crippen molar-refractivity contribution >= 4 is 18.5 Å². The maximum absolute atomic E-state index is 12.0. The fourth-order valence-corrected chi connectivity index (χ4v) is 1.94. The highest BCUT2D eigenvalue weighted by molar-refractivity contribution is 6.58. The molecule has 0 bridgehead atoms. The van der Waals surface area contributed by atoms with Crippen LogP contribution in [-0.2, 0) is 11.2 Å². The van der Waals surface area contributed by atoms with Crippen LogP contribution in [0.5, 0.6) is 0 Å². The number of benzene rings is 1. The Morgan fingerprint density at radius 1 is 1.26 bits per heavy atom. The minimum Gasteiger partial charge on any atom is -0.423 e. The Hall–Kier alpha value is -1.37. The Balaban J connectivity index is 2.66. The van der Waals surface area contributed by atoms with E-state index in [1.807, 2.05) is 13.8 Å². The molecule has 0 aromatic heterocycles. The van der Waals surface area contributed by atoms with Gasteiger partial charge in [-0.1, -0.05) is 24.3 Å². The summed E-state index contributed by atoms with van der Waals surface area (Å²) < 4.78 is 0. The topological polar surface area (TPSA) is 86.8 Å². The summed E-state index contributed by atoms with van der Waals surface area (Å²) in [7, 11) is -1.47. The van der Waals surface area contributed by atoms with Gasteiger partial charge in [-0.25, -0.2) is 0 Å². The number of hydrogen-bond donors (Lipinski definition) is 3. The third-order valence-electron chi connectivity index (χ3n) is 3.13. The largest absolute Gasteiger partial charge is 0.488 e. The number of amides is 1. The molecule has 1 rings (SSSR count). The molecule has 0 unspecified atom stereocenters. The summed E-state index contributed by atoms with van der Waals surface area (Å²) in [6.07, 6.45) is 0.442. The van der Waals surface area contributed by atoms with Gasteiger partial charge in [0.05, 0.1) is 6.04 Å². The van der Waals surface area contributed by atoms with Crippen LogP contribution in [0.2, 0.25) is 0 Å². The lowest BCUT2D eigenvalue weighted by molar-refractivity contribution is -0.132. The van der Waals surface area contributed by atoms with E-state index >= 15 is 0 Å². The van der Waals surface area contributed by atoms with Gasteiger partial charge >= 0.3 is 7.12 Å². The van der Waals surface area contributed by atoms with Crippen molar-refractivity contribution in [3.8, 4) is 0 Å². The summed E-state index contributed by atoms with van der Waals surface area (Å²) in [4.78, 5) is 13.7. The van der Waals surface area contributed by atoms with E-state index in [0.29, 0.717) is 25.0 Å². The number of nitrogens with two attached hydrogens (primary N) is 1. The molecule has 0 aliphatic rings. The number of rotatable bonds is 6. The average Bonchev–Trinajstić information content (AvgIpc) is 2.40. The van der Waals surface area contributed by atoms with Crippen molar-refractivity contribution in [2.24, 2.45) is 5.73 Å². The number of hydrogen-bond acceptors (Lipinski definition) is 4. The van der Waals surface area contributed by atoms with Crippen LogP contribution < -0.4 is 11.2 Å². The summed E-state index contributed by atoms with van der Waals surface area (Å²) in [5.41, 5.74) is 7.23. The summed E-state index contributed by atoms with van der Waals surface area (Å²) >= 11 is 0. The first-order chi connectivity index (χ1) is 8.99. The molecule has 0 spiro atoms. The first kappa shape index (κ1) is 15.7. The third kappa shape index (κ3) is 4.35. The molecule has 0 fully saturated rings. The van der Waals surface area contributed by atoms with E-state index in [-0.39, 0.29) is 5.91 Å². The van der Waals surface area contributed by atoms with Crippen molar-refractivity contribution in [2.75, 3.05) is 13.1 Å². The highest BCUT2D eigenvalue weighted by Gasteiger charge is 2.19. The number of carbonyl (C=O) groups is 1. The van der Waals surface area contributed by atoms with Crippen LogP contribution in [0.25, 0.3) is 0 Å². The molecule has 1 aromatic carbocycles. The predicted molar refractivity (Wildman–Crippen MR) is 75.9 cm³/mol. The molecule has 0 saturated carbocycles. The van der Waals surface area contributed by atoms with Gasteiger partial charge < -0.3 is 20.7 Å². The predicted octanol–water partition coefficient (Wildman–Crippen LogP) is -0.895. The van der Waals surface area contributed by atoms with Crippen LogP contribution in [0, 0.1) is 0 Å². The number of nitrogens with zero attached hydrogens (tertiary/aromatic N) is 1. The number of carbonyl (C=O) groups excluding carboxylic acids is 1. The molecule has 19 heavy (non-hydrogen) atoms. The SMILES string of the molecule is CCN(CC)C(=O)[C@@H](N)Cc1ccc(B(O)O)cc1. The second-order valence-corrected chi connectivity index (χ2v) is 4.44. The second-order valence-electron chi connectivity index (χ2n) is 4.44. The van der Waals surface area contributed by atoms with Gasteiger partial charge in [-0.3, -0.25) is 4.79 Å². The van der Waals surface area contributed by atoms with E-state index in [9.17, 15) is 4.79 Å². The van der Waals surface area contributed by atoms with Gasteiger partial charge in [-0.15, -0.1) is 0 Å². The molecule has 4 N–H and O–H groups in total. The van der Waals surface area contributed by atoms with Crippen molar-refractivity contribution < 1.29 is 14.8 Å². The lowest BCUT2D eigenvalue weighted by Crippen LogP contribution is -2.44. The quantitative estimate of drug-likeness (QED) is 0.581. The zero-order valence-corrected chi connectivity index (χ0v) is 11.4. The smallest absolute Gasteiger partial charge is 0.423 e. The molecule has 0 aliphatic carbocycles. The molecule has 0 radical (unpaired) electrons. The molecule has 0 aliphatic heterocycles. The van der Waals surface area contributed by atoms with Crippen LogP contribution in [0.4, 0.5) is 0 Å².